The summed E-state index contributed by atoms with van der Waals surface area (Å²) >= 11 is 1.50. The molecule has 0 fully saturated rings. The number of amides is 1. The van der Waals surface area contributed by atoms with Gasteiger partial charge >= 0.3 is 0 Å². The number of fused-ring (bicyclic) bond motifs is 1. The molecule has 0 spiro atoms. The van der Waals surface area contributed by atoms with Crippen molar-refractivity contribution in [2.75, 3.05) is 18.4 Å². The largest absolute Gasteiger partial charge is 0.325 e. The lowest BCUT2D eigenvalue weighted by Gasteiger charge is -2.20. The van der Waals surface area contributed by atoms with Crippen LogP contribution in [-0.4, -0.2) is 33.4 Å². The van der Waals surface area contributed by atoms with Gasteiger partial charge in [0.25, 0.3) is 5.56 Å². The van der Waals surface area contributed by atoms with Crippen LogP contribution in [0.5, 0.6) is 0 Å². The molecular formula is C21H25FN4O2S. The van der Waals surface area contributed by atoms with Crippen LogP contribution >= 0.6 is 11.3 Å². The van der Waals surface area contributed by atoms with Gasteiger partial charge in [0, 0.05) is 10.6 Å². The van der Waals surface area contributed by atoms with Gasteiger partial charge in [0.15, 0.2) is 0 Å². The second kappa shape index (κ2) is 8.84. The zero-order valence-electron chi connectivity index (χ0n) is 17.1. The topological polar surface area (TPSA) is 67.2 Å². The summed E-state index contributed by atoms with van der Waals surface area (Å²) in [5.74, 6) is -0.161. The van der Waals surface area contributed by atoms with E-state index in [0.29, 0.717) is 28.3 Å². The highest BCUT2D eigenvalue weighted by molar-refractivity contribution is 7.18. The summed E-state index contributed by atoms with van der Waals surface area (Å²) in [5, 5.41) is 3.29. The number of benzene rings is 1. The smallest absolute Gasteiger partial charge is 0.263 e. The normalized spacial score (nSPS) is 11.4. The monoisotopic (exact) mass is 416 g/mol. The molecule has 8 heteroatoms. The van der Waals surface area contributed by atoms with Crippen molar-refractivity contribution in [3.63, 3.8) is 0 Å². The Balaban J connectivity index is 1.99. The minimum absolute atomic E-state index is 0.149. The van der Waals surface area contributed by atoms with E-state index in [-0.39, 0.29) is 23.8 Å². The van der Waals surface area contributed by atoms with E-state index in [2.05, 4.69) is 10.2 Å². The average Bonchev–Trinajstić information content (AvgIpc) is 2.98. The van der Waals surface area contributed by atoms with Crippen molar-refractivity contribution in [2.45, 2.75) is 40.8 Å². The standard InChI is InChI=1S/C21H25FN4O2S/c1-5-25(6-2)11-17-24-20-19(13(3)14(4)29-20)21(28)26(17)12-18(27)23-16-9-7-15(22)8-10-16/h7-10H,5-6,11-12H2,1-4H3,(H,23,27). The first kappa shape index (κ1) is 21.1. The Kier molecular flexibility index (Phi) is 6.44. The molecule has 0 aliphatic heterocycles. The van der Waals surface area contributed by atoms with E-state index >= 15 is 0 Å². The molecule has 6 nitrogen and oxygen atoms in total. The fourth-order valence-electron chi connectivity index (χ4n) is 3.18. The van der Waals surface area contributed by atoms with Gasteiger partial charge in [-0.05, 0) is 56.8 Å². The van der Waals surface area contributed by atoms with Gasteiger partial charge in [-0.15, -0.1) is 11.3 Å². The van der Waals surface area contributed by atoms with Crippen molar-refractivity contribution in [1.82, 2.24) is 14.5 Å². The molecule has 0 saturated carbocycles. The lowest BCUT2D eigenvalue weighted by atomic mass is 10.2. The van der Waals surface area contributed by atoms with E-state index in [0.717, 1.165) is 23.5 Å². The summed E-state index contributed by atoms with van der Waals surface area (Å²) in [7, 11) is 0. The number of rotatable bonds is 7. The molecule has 3 aromatic rings. The molecule has 0 bridgehead atoms. The number of carbonyl (C=O) groups is 1. The van der Waals surface area contributed by atoms with E-state index in [1.165, 1.54) is 40.2 Å². The molecule has 3 rings (SSSR count). The molecule has 2 heterocycles. The third-order valence-corrected chi connectivity index (χ3v) is 6.16. The van der Waals surface area contributed by atoms with Crippen LogP contribution in [-0.2, 0) is 17.9 Å². The summed E-state index contributed by atoms with van der Waals surface area (Å²) in [5.41, 5.74) is 1.18. The quantitative estimate of drug-likeness (QED) is 0.638. The zero-order valence-corrected chi connectivity index (χ0v) is 17.9. The van der Waals surface area contributed by atoms with Gasteiger partial charge in [0.2, 0.25) is 5.91 Å². The van der Waals surface area contributed by atoms with E-state index < -0.39 is 0 Å². The number of thiophene rings is 1. The Hall–Kier alpha value is -2.58. The van der Waals surface area contributed by atoms with Gasteiger partial charge < -0.3 is 5.32 Å². The molecular weight excluding hydrogens is 391 g/mol. The van der Waals surface area contributed by atoms with Crippen molar-refractivity contribution >= 4 is 33.1 Å². The summed E-state index contributed by atoms with van der Waals surface area (Å²) < 4.78 is 14.5. The summed E-state index contributed by atoms with van der Waals surface area (Å²) in [6.45, 7) is 9.93. The van der Waals surface area contributed by atoms with Crippen molar-refractivity contribution in [3.8, 4) is 0 Å². The second-order valence-corrected chi connectivity index (χ2v) is 8.10. The molecule has 1 amide bonds. The number of aromatic nitrogens is 2. The van der Waals surface area contributed by atoms with Gasteiger partial charge in [-0.2, -0.15) is 0 Å². The Morgan fingerprint density at radius 2 is 1.86 bits per heavy atom. The summed E-state index contributed by atoms with van der Waals surface area (Å²) in [6, 6.07) is 5.53. The number of nitrogens with zero attached hydrogens (tertiary/aromatic N) is 3. The maximum absolute atomic E-state index is 13.3. The lowest BCUT2D eigenvalue weighted by molar-refractivity contribution is -0.116. The van der Waals surface area contributed by atoms with Crippen LogP contribution in [0.15, 0.2) is 29.1 Å². The first-order valence-corrected chi connectivity index (χ1v) is 10.4. The molecule has 0 radical (unpaired) electrons. The van der Waals surface area contributed by atoms with E-state index in [1.807, 2.05) is 27.7 Å². The van der Waals surface area contributed by atoms with Crippen LogP contribution in [0.2, 0.25) is 0 Å². The second-order valence-electron chi connectivity index (χ2n) is 6.90. The van der Waals surface area contributed by atoms with Crippen molar-refractivity contribution < 1.29 is 9.18 Å². The Bertz CT molecular complexity index is 1080. The average molecular weight is 417 g/mol. The van der Waals surface area contributed by atoms with Crippen LogP contribution < -0.4 is 10.9 Å². The molecule has 0 aliphatic carbocycles. The molecule has 0 unspecified atom stereocenters. The molecule has 154 valence electrons. The lowest BCUT2D eigenvalue weighted by Crippen LogP contribution is -2.34. The van der Waals surface area contributed by atoms with E-state index in [9.17, 15) is 14.0 Å². The van der Waals surface area contributed by atoms with Gasteiger partial charge in [-0.25, -0.2) is 9.37 Å². The Morgan fingerprint density at radius 1 is 1.21 bits per heavy atom. The predicted octanol–water partition coefficient (Wildman–Crippen LogP) is 3.69. The van der Waals surface area contributed by atoms with Gasteiger partial charge in [0.05, 0.1) is 11.9 Å². The van der Waals surface area contributed by atoms with Crippen molar-refractivity contribution in [3.05, 3.63) is 56.7 Å². The number of anilines is 1. The zero-order chi connectivity index (χ0) is 21.1. The van der Waals surface area contributed by atoms with Crippen LogP contribution in [0.4, 0.5) is 10.1 Å². The molecule has 0 atom stereocenters. The first-order chi connectivity index (χ1) is 13.8. The number of nitrogens with one attached hydrogen (secondary N) is 1. The summed E-state index contributed by atoms with van der Waals surface area (Å²) in [4.78, 5) is 34.5. The predicted molar refractivity (Wildman–Crippen MR) is 115 cm³/mol. The fraction of sp³-hybridized carbons (Fsp3) is 0.381. The highest BCUT2D eigenvalue weighted by atomic mass is 32.1. The van der Waals surface area contributed by atoms with Crippen LogP contribution in [0.1, 0.15) is 30.1 Å². The Labute approximate surface area is 173 Å². The van der Waals surface area contributed by atoms with Crippen LogP contribution in [0.3, 0.4) is 0 Å². The molecule has 1 N–H and O–H groups in total. The van der Waals surface area contributed by atoms with Crippen LogP contribution in [0, 0.1) is 19.7 Å². The van der Waals surface area contributed by atoms with Gasteiger partial charge in [-0.1, -0.05) is 13.8 Å². The minimum atomic E-state index is -0.376. The minimum Gasteiger partial charge on any atom is -0.325 e. The SMILES string of the molecule is CCN(CC)Cc1nc2sc(C)c(C)c2c(=O)n1CC(=O)Nc1ccc(F)cc1. The van der Waals surface area contributed by atoms with Gasteiger partial charge in [-0.3, -0.25) is 19.1 Å². The van der Waals surface area contributed by atoms with Crippen molar-refractivity contribution in [2.24, 2.45) is 0 Å². The van der Waals surface area contributed by atoms with Gasteiger partial charge in [0.1, 0.15) is 23.0 Å². The number of hydrogen-bond donors (Lipinski definition) is 1. The number of hydrogen-bond acceptors (Lipinski definition) is 5. The summed E-state index contributed by atoms with van der Waals surface area (Å²) in [6.07, 6.45) is 0. The van der Waals surface area contributed by atoms with Crippen molar-refractivity contribution in [1.29, 1.82) is 0 Å². The maximum atomic E-state index is 13.3. The maximum Gasteiger partial charge on any atom is 0.263 e. The highest BCUT2D eigenvalue weighted by Gasteiger charge is 2.19. The molecule has 0 saturated heterocycles. The molecule has 29 heavy (non-hydrogen) atoms. The third-order valence-electron chi connectivity index (χ3n) is 5.06. The molecule has 1 aromatic carbocycles. The fourth-order valence-corrected chi connectivity index (χ4v) is 4.22. The number of aryl methyl sites for hydroxylation is 2. The van der Waals surface area contributed by atoms with Crippen LogP contribution in [0.25, 0.3) is 10.2 Å². The third kappa shape index (κ3) is 4.54. The Morgan fingerprint density at radius 3 is 2.48 bits per heavy atom. The molecule has 0 aliphatic rings. The van der Waals surface area contributed by atoms with E-state index in [4.69, 9.17) is 4.98 Å². The van der Waals surface area contributed by atoms with E-state index in [1.54, 1.807) is 0 Å². The highest BCUT2D eigenvalue weighted by Crippen LogP contribution is 2.26. The number of halogens is 1. The first-order valence-electron chi connectivity index (χ1n) is 9.61. The number of carbonyl (C=O) groups excluding carboxylic acids is 1. The molecule has 2 aromatic heterocycles.